The molecule has 1 amide bonds. The van der Waals surface area contributed by atoms with E-state index in [1.54, 1.807) is 42.6 Å². The molecule has 0 fully saturated rings. The SMILES string of the molecule is Cc1ccnc(N2C(=O)c3oc4ccc(Cl)cc4c(=O)c3[C@H]2c2ccccc2F)c1. The van der Waals surface area contributed by atoms with E-state index in [4.69, 9.17) is 16.0 Å². The fraction of sp³-hybridized carbons (Fsp3) is 0.0870. The van der Waals surface area contributed by atoms with Gasteiger partial charge in [-0.3, -0.25) is 14.5 Å². The molecular weight excluding hydrogens is 407 g/mol. The molecule has 148 valence electrons. The lowest BCUT2D eigenvalue weighted by atomic mass is 9.98. The minimum Gasteiger partial charge on any atom is -0.450 e. The molecule has 0 aliphatic carbocycles. The van der Waals surface area contributed by atoms with Gasteiger partial charge < -0.3 is 4.42 Å². The van der Waals surface area contributed by atoms with E-state index in [0.29, 0.717) is 10.8 Å². The molecule has 5 rings (SSSR count). The van der Waals surface area contributed by atoms with Crippen molar-refractivity contribution in [3.63, 3.8) is 0 Å². The summed E-state index contributed by atoms with van der Waals surface area (Å²) in [6, 6.07) is 13.1. The highest BCUT2D eigenvalue weighted by molar-refractivity contribution is 6.31. The molecule has 0 saturated heterocycles. The second-order valence-corrected chi connectivity index (χ2v) is 7.54. The van der Waals surface area contributed by atoms with Crippen LogP contribution in [0.3, 0.4) is 0 Å². The molecule has 0 bridgehead atoms. The quantitative estimate of drug-likeness (QED) is 0.456. The van der Waals surface area contributed by atoms with Crippen molar-refractivity contribution in [3.05, 3.63) is 104 Å². The van der Waals surface area contributed by atoms with Crippen LogP contribution in [0.1, 0.15) is 33.3 Å². The summed E-state index contributed by atoms with van der Waals surface area (Å²) in [7, 11) is 0. The summed E-state index contributed by atoms with van der Waals surface area (Å²) in [5.41, 5.74) is 0.936. The van der Waals surface area contributed by atoms with Crippen molar-refractivity contribution in [2.45, 2.75) is 13.0 Å². The first-order chi connectivity index (χ1) is 14.5. The third kappa shape index (κ3) is 2.72. The predicted octanol–water partition coefficient (Wildman–Crippen LogP) is 5.04. The zero-order valence-corrected chi connectivity index (χ0v) is 16.5. The number of aromatic nitrogens is 1. The fourth-order valence-corrected chi connectivity index (χ4v) is 4.00. The van der Waals surface area contributed by atoms with Gasteiger partial charge in [-0.25, -0.2) is 9.37 Å². The second-order valence-electron chi connectivity index (χ2n) is 7.11. The lowest BCUT2D eigenvalue weighted by Crippen LogP contribution is -2.30. The first kappa shape index (κ1) is 18.5. The van der Waals surface area contributed by atoms with Crippen molar-refractivity contribution in [2.24, 2.45) is 0 Å². The number of rotatable bonds is 2. The number of benzene rings is 2. The Kier molecular flexibility index (Phi) is 4.18. The van der Waals surface area contributed by atoms with Crippen LogP contribution in [0.5, 0.6) is 0 Å². The highest BCUT2D eigenvalue weighted by Gasteiger charge is 2.45. The summed E-state index contributed by atoms with van der Waals surface area (Å²) in [6.07, 6.45) is 1.56. The lowest BCUT2D eigenvalue weighted by molar-refractivity contribution is 0.0970. The minimum absolute atomic E-state index is 0.0724. The van der Waals surface area contributed by atoms with Gasteiger partial charge in [0.1, 0.15) is 17.2 Å². The van der Waals surface area contributed by atoms with E-state index in [1.165, 1.54) is 23.1 Å². The molecule has 0 N–H and O–H groups in total. The number of nitrogens with zero attached hydrogens (tertiary/aromatic N) is 2. The molecule has 0 spiro atoms. The van der Waals surface area contributed by atoms with Crippen LogP contribution < -0.4 is 10.3 Å². The van der Waals surface area contributed by atoms with Gasteiger partial charge in [0.25, 0.3) is 5.91 Å². The molecule has 1 aliphatic heterocycles. The minimum atomic E-state index is -1.01. The second kappa shape index (κ2) is 6.78. The normalized spacial score (nSPS) is 15.6. The summed E-state index contributed by atoms with van der Waals surface area (Å²) >= 11 is 6.06. The Morgan fingerprint density at radius 3 is 2.67 bits per heavy atom. The van der Waals surface area contributed by atoms with E-state index in [1.807, 2.05) is 6.92 Å². The van der Waals surface area contributed by atoms with Gasteiger partial charge in [-0.2, -0.15) is 0 Å². The van der Waals surface area contributed by atoms with E-state index in [9.17, 15) is 14.0 Å². The van der Waals surface area contributed by atoms with E-state index in [0.717, 1.165) is 5.56 Å². The van der Waals surface area contributed by atoms with Gasteiger partial charge in [0.2, 0.25) is 5.76 Å². The number of pyridine rings is 1. The maximum Gasteiger partial charge on any atom is 0.296 e. The van der Waals surface area contributed by atoms with Crippen LogP contribution in [0.25, 0.3) is 11.0 Å². The number of hydrogen-bond donors (Lipinski definition) is 0. The van der Waals surface area contributed by atoms with Crippen molar-refractivity contribution in [3.8, 4) is 0 Å². The summed E-state index contributed by atoms with van der Waals surface area (Å²) in [5, 5.41) is 0.591. The van der Waals surface area contributed by atoms with Crippen molar-refractivity contribution in [2.75, 3.05) is 4.90 Å². The number of carbonyl (C=O) groups is 1. The van der Waals surface area contributed by atoms with Crippen LogP contribution in [-0.4, -0.2) is 10.9 Å². The van der Waals surface area contributed by atoms with Crippen LogP contribution in [0.2, 0.25) is 5.02 Å². The molecule has 2 aromatic carbocycles. The van der Waals surface area contributed by atoms with Crippen molar-refractivity contribution in [1.82, 2.24) is 4.98 Å². The van der Waals surface area contributed by atoms with Crippen molar-refractivity contribution >= 4 is 34.3 Å². The molecule has 0 radical (unpaired) electrons. The number of halogens is 2. The lowest BCUT2D eigenvalue weighted by Gasteiger charge is -2.24. The molecule has 7 heteroatoms. The largest absolute Gasteiger partial charge is 0.450 e. The van der Waals surface area contributed by atoms with Gasteiger partial charge in [0.05, 0.1) is 17.0 Å². The zero-order valence-electron chi connectivity index (χ0n) is 15.7. The van der Waals surface area contributed by atoms with Gasteiger partial charge in [-0.05, 0) is 48.9 Å². The molecule has 1 atom stereocenters. The van der Waals surface area contributed by atoms with Crippen LogP contribution in [-0.2, 0) is 0 Å². The van der Waals surface area contributed by atoms with Crippen LogP contribution in [0.15, 0.2) is 70.0 Å². The molecular formula is C23H14ClFN2O3. The highest BCUT2D eigenvalue weighted by atomic mass is 35.5. The molecule has 0 saturated carbocycles. The zero-order chi connectivity index (χ0) is 21.0. The smallest absolute Gasteiger partial charge is 0.296 e. The van der Waals surface area contributed by atoms with Crippen LogP contribution in [0.4, 0.5) is 10.2 Å². The fourth-order valence-electron chi connectivity index (χ4n) is 3.82. The maximum absolute atomic E-state index is 14.8. The van der Waals surface area contributed by atoms with Gasteiger partial charge >= 0.3 is 0 Å². The Hall–Kier alpha value is -3.51. The highest BCUT2D eigenvalue weighted by Crippen LogP contribution is 2.41. The number of amides is 1. The van der Waals surface area contributed by atoms with Crippen molar-refractivity contribution in [1.29, 1.82) is 0 Å². The summed E-state index contributed by atoms with van der Waals surface area (Å²) < 4.78 is 20.7. The Bertz CT molecular complexity index is 1400. The summed E-state index contributed by atoms with van der Waals surface area (Å²) in [6.45, 7) is 1.86. The average molecular weight is 421 g/mol. The molecule has 3 heterocycles. The summed E-state index contributed by atoms with van der Waals surface area (Å²) in [5.74, 6) is -0.899. The number of hydrogen-bond acceptors (Lipinski definition) is 4. The standard InChI is InChI=1S/C23H14ClFN2O3/c1-12-8-9-26-18(10-12)27-20(14-4-2-3-5-16(14)25)19-21(28)15-11-13(24)6-7-17(15)30-22(19)23(27)29/h2-11,20H,1H3/t20-/m1/s1. The predicted molar refractivity (Wildman–Crippen MR) is 112 cm³/mol. The number of anilines is 1. The van der Waals surface area contributed by atoms with E-state index < -0.39 is 23.2 Å². The Labute approximate surface area is 175 Å². The van der Waals surface area contributed by atoms with E-state index >= 15 is 0 Å². The Morgan fingerprint density at radius 1 is 1.10 bits per heavy atom. The van der Waals surface area contributed by atoms with Crippen molar-refractivity contribution < 1.29 is 13.6 Å². The van der Waals surface area contributed by atoms with Crippen LogP contribution in [0, 0.1) is 12.7 Å². The summed E-state index contributed by atoms with van der Waals surface area (Å²) in [4.78, 5) is 32.4. The first-order valence-corrected chi connectivity index (χ1v) is 9.60. The van der Waals surface area contributed by atoms with Gasteiger partial charge in [-0.15, -0.1) is 0 Å². The monoisotopic (exact) mass is 420 g/mol. The average Bonchev–Trinajstić information content (AvgIpc) is 3.01. The maximum atomic E-state index is 14.8. The van der Waals surface area contributed by atoms with Gasteiger partial charge in [0, 0.05) is 16.8 Å². The first-order valence-electron chi connectivity index (χ1n) is 9.22. The van der Waals surface area contributed by atoms with E-state index in [-0.39, 0.29) is 27.9 Å². The van der Waals surface area contributed by atoms with Crippen LogP contribution >= 0.6 is 11.6 Å². The van der Waals surface area contributed by atoms with Gasteiger partial charge in [0.15, 0.2) is 5.43 Å². The molecule has 0 unspecified atom stereocenters. The molecule has 1 aliphatic rings. The van der Waals surface area contributed by atoms with E-state index in [2.05, 4.69) is 4.98 Å². The molecule has 5 nitrogen and oxygen atoms in total. The number of carbonyl (C=O) groups excluding carboxylic acids is 1. The molecule has 2 aromatic heterocycles. The Balaban J connectivity index is 1.86. The third-order valence-corrected chi connectivity index (χ3v) is 5.41. The number of aryl methyl sites for hydroxylation is 1. The molecule has 30 heavy (non-hydrogen) atoms. The van der Waals surface area contributed by atoms with Gasteiger partial charge in [-0.1, -0.05) is 29.8 Å². The number of fused-ring (bicyclic) bond motifs is 2. The topological polar surface area (TPSA) is 63.4 Å². The molecule has 4 aromatic rings. The Morgan fingerprint density at radius 2 is 1.90 bits per heavy atom. The third-order valence-electron chi connectivity index (χ3n) is 5.18.